The molecule has 0 saturated heterocycles. The average molecular weight is 143 g/mol. The van der Waals surface area contributed by atoms with Crippen LogP contribution in [0.15, 0.2) is 0 Å². The normalized spacial score (nSPS) is 13.5. The molecule has 0 aliphatic heterocycles. The van der Waals surface area contributed by atoms with Gasteiger partial charge in [0.05, 0.1) is 6.10 Å². The van der Waals surface area contributed by atoms with Gasteiger partial charge in [0.1, 0.15) is 0 Å². The van der Waals surface area contributed by atoms with Gasteiger partial charge in [-0.15, -0.1) is 0 Å². The van der Waals surface area contributed by atoms with E-state index in [9.17, 15) is 5.11 Å². The lowest BCUT2D eigenvalue weighted by atomic mass is 10.1. The maximum Gasteiger partial charge on any atom is 0.0540 e. The zero-order valence-corrected chi connectivity index (χ0v) is 7.14. The summed E-state index contributed by atoms with van der Waals surface area (Å²) in [6.45, 7) is 4.24. The molecule has 0 bridgehead atoms. The smallest absolute Gasteiger partial charge is 0.0540 e. The second kappa shape index (κ2) is 7.07. The van der Waals surface area contributed by atoms with E-state index in [1.165, 1.54) is 0 Å². The number of aliphatic hydroxyl groups is 1. The van der Waals surface area contributed by atoms with Gasteiger partial charge in [0.2, 0.25) is 0 Å². The van der Waals surface area contributed by atoms with Crippen molar-refractivity contribution in [1.29, 1.82) is 0 Å². The summed E-state index contributed by atoms with van der Waals surface area (Å²) in [5, 5.41) is 9.26. The third-order valence-corrected chi connectivity index (χ3v) is 1.61. The fraction of sp³-hybridized carbons (Fsp3) is 0.889. The second-order valence-corrected chi connectivity index (χ2v) is 2.72. The Labute approximate surface area is 64.5 Å². The maximum absolute atomic E-state index is 9.26. The minimum absolute atomic E-state index is 0.0622. The van der Waals surface area contributed by atoms with Crippen LogP contribution in [0.3, 0.4) is 0 Å². The van der Waals surface area contributed by atoms with Crippen LogP contribution in [0.1, 0.15) is 46.0 Å². The van der Waals surface area contributed by atoms with E-state index in [0.717, 1.165) is 32.1 Å². The first-order chi connectivity index (χ1) is 4.81. The fourth-order valence-electron chi connectivity index (χ4n) is 0.992. The average Bonchev–Trinajstić information content (AvgIpc) is 1.89. The van der Waals surface area contributed by atoms with E-state index >= 15 is 0 Å². The zero-order chi connectivity index (χ0) is 7.82. The second-order valence-electron chi connectivity index (χ2n) is 2.72. The number of hydrogen-bond donors (Lipinski definition) is 1. The van der Waals surface area contributed by atoms with Gasteiger partial charge >= 0.3 is 0 Å². The number of aliphatic hydroxyl groups excluding tert-OH is 1. The topological polar surface area (TPSA) is 20.2 Å². The van der Waals surface area contributed by atoms with E-state index < -0.39 is 0 Å². The van der Waals surface area contributed by atoms with Gasteiger partial charge in [0.25, 0.3) is 0 Å². The highest BCUT2D eigenvalue weighted by Gasteiger charge is 2.00. The quantitative estimate of drug-likeness (QED) is 0.566. The summed E-state index contributed by atoms with van der Waals surface area (Å²) in [4.78, 5) is 0. The highest BCUT2D eigenvalue weighted by Crippen LogP contribution is 2.06. The Morgan fingerprint density at radius 3 is 2.50 bits per heavy atom. The van der Waals surface area contributed by atoms with Crippen molar-refractivity contribution in [2.45, 2.75) is 52.1 Å². The van der Waals surface area contributed by atoms with Crippen molar-refractivity contribution in [2.75, 3.05) is 0 Å². The van der Waals surface area contributed by atoms with Crippen LogP contribution in [-0.2, 0) is 0 Å². The molecule has 61 valence electrons. The van der Waals surface area contributed by atoms with Gasteiger partial charge in [-0.1, -0.05) is 26.7 Å². The third kappa shape index (κ3) is 6.09. The van der Waals surface area contributed by atoms with Crippen molar-refractivity contribution in [3.63, 3.8) is 0 Å². The highest BCUT2D eigenvalue weighted by atomic mass is 16.3. The van der Waals surface area contributed by atoms with Crippen molar-refractivity contribution in [1.82, 2.24) is 0 Å². The van der Waals surface area contributed by atoms with Gasteiger partial charge in [0.15, 0.2) is 0 Å². The van der Waals surface area contributed by atoms with Crippen LogP contribution in [0.5, 0.6) is 0 Å². The molecule has 1 N–H and O–H groups in total. The van der Waals surface area contributed by atoms with E-state index in [-0.39, 0.29) is 6.10 Å². The fourth-order valence-corrected chi connectivity index (χ4v) is 0.992. The van der Waals surface area contributed by atoms with Gasteiger partial charge in [-0.3, -0.25) is 0 Å². The molecule has 1 nitrogen and oxygen atoms in total. The molecule has 1 radical (unpaired) electrons. The Bertz CT molecular complexity index is 61.7. The molecule has 0 heterocycles. The summed E-state index contributed by atoms with van der Waals surface area (Å²) in [6, 6.07) is 0. The molecule has 0 aromatic heterocycles. The first kappa shape index (κ1) is 9.96. The highest BCUT2D eigenvalue weighted by molar-refractivity contribution is 4.64. The molecule has 0 aliphatic rings. The predicted molar refractivity (Wildman–Crippen MR) is 44.7 cm³/mol. The summed E-state index contributed by atoms with van der Waals surface area (Å²) in [5.41, 5.74) is 0. The summed E-state index contributed by atoms with van der Waals surface area (Å²) in [6.07, 6.45) is 7.34. The summed E-state index contributed by atoms with van der Waals surface area (Å²) < 4.78 is 0. The van der Waals surface area contributed by atoms with Crippen molar-refractivity contribution in [3.8, 4) is 0 Å². The van der Waals surface area contributed by atoms with Gasteiger partial charge < -0.3 is 5.11 Å². The summed E-state index contributed by atoms with van der Waals surface area (Å²) in [5.74, 6) is 0. The van der Waals surface area contributed by atoms with E-state index in [0.29, 0.717) is 0 Å². The monoisotopic (exact) mass is 143 g/mol. The van der Waals surface area contributed by atoms with Crippen LogP contribution in [0, 0.1) is 6.42 Å². The van der Waals surface area contributed by atoms with E-state index in [1.54, 1.807) is 0 Å². The SMILES string of the molecule is CC[CH]CCC(O)CCC. The molecule has 0 aromatic rings. The van der Waals surface area contributed by atoms with Gasteiger partial charge in [0, 0.05) is 0 Å². The Balaban J connectivity index is 2.97. The van der Waals surface area contributed by atoms with Gasteiger partial charge in [-0.25, -0.2) is 0 Å². The Morgan fingerprint density at radius 1 is 1.30 bits per heavy atom. The number of hydrogen-bond acceptors (Lipinski definition) is 1. The first-order valence-corrected chi connectivity index (χ1v) is 4.31. The van der Waals surface area contributed by atoms with Crippen LogP contribution < -0.4 is 0 Å². The van der Waals surface area contributed by atoms with Crippen LogP contribution in [0.2, 0.25) is 0 Å². The molecule has 0 aliphatic carbocycles. The maximum atomic E-state index is 9.26. The third-order valence-electron chi connectivity index (χ3n) is 1.61. The minimum Gasteiger partial charge on any atom is -0.393 e. The number of unbranched alkanes of at least 4 members (excludes halogenated alkanes) is 2. The molecule has 1 atom stereocenters. The van der Waals surface area contributed by atoms with E-state index in [1.807, 2.05) is 0 Å². The van der Waals surface area contributed by atoms with E-state index in [2.05, 4.69) is 20.3 Å². The number of rotatable bonds is 6. The molecule has 0 amide bonds. The molecule has 1 heteroatoms. The molecule has 0 rings (SSSR count). The molecular formula is C9H19O. The van der Waals surface area contributed by atoms with Gasteiger partial charge in [-0.05, 0) is 25.7 Å². The molecule has 1 unspecified atom stereocenters. The molecule has 10 heavy (non-hydrogen) atoms. The molecule has 0 aromatic carbocycles. The first-order valence-electron chi connectivity index (χ1n) is 4.31. The molecular weight excluding hydrogens is 124 g/mol. The molecule has 0 spiro atoms. The van der Waals surface area contributed by atoms with Crippen LogP contribution in [-0.4, -0.2) is 11.2 Å². The van der Waals surface area contributed by atoms with Crippen molar-refractivity contribution >= 4 is 0 Å². The Hall–Kier alpha value is -0.0400. The lowest BCUT2D eigenvalue weighted by Crippen LogP contribution is -2.04. The lowest BCUT2D eigenvalue weighted by molar-refractivity contribution is 0.153. The minimum atomic E-state index is -0.0622. The Kier molecular flexibility index (Phi) is 7.04. The zero-order valence-electron chi connectivity index (χ0n) is 7.14. The van der Waals surface area contributed by atoms with Crippen LogP contribution in [0.4, 0.5) is 0 Å². The summed E-state index contributed by atoms with van der Waals surface area (Å²) >= 11 is 0. The van der Waals surface area contributed by atoms with Crippen molar-refractivity contribution in [3.05, 3.63) is 6.42 Å². The van der Waals surface area contributed by atoms with Gasteiger partial charge in [-0.2, -0.15) is 0 Å². The molecule has 0 fully saturated rings. The van der Waals surface area contributed by atoms with Crippen molar-refractivity contribution < 1.29 is 5.11 Å². The predicted octanol–water partition coefficient (Wildman–Crippen LogP) is 2.54. The molecule has 0 saturated carbocycles. The van der Waals surface area contributed by atoms with E-state index in [4.69, 9.17) is 0 Å². The standard InChI is InChI=1S/C9H19O/c1-3-5-6-8-9(10)7-4-2/h5,9-10H,3-4,6-8H2,1-2H3. The lowest BCUT2D eigenvalue weighted by Gasteiger charge is -2.06. The Morgan fingerprint density at radius 2 is 2.00 bits per heavy atom. The van der Waals surface area contributed by atoms with Crippen LogP contribution in [0.25, 0.3) is 0 Å². The summed E-state index contributed by atoms with van der Waals surface area (Å²) in [7, 11) is 0. The van der Waals surface area contributed by atoms with Crippen LogP contribution >= 0.6 is 0 Å². The largest absolute Gasteiger partial charge is 0.393 e. The van der Waals surface area contributed by atoms with Crippen molar-refractivity contribution in [2.24, 2.45) is 0 Å².